The van der Waals surface area contributed by atoms with Crippen molar-refractivity contribution in [2.45, 2.75) is 565 Å². The smallest absolute Gasteiger partial charge is 0.133 e. The lowest BCUT2D eigenvalue weighted by Gasteiger charge is -2.35. The first-order valence-electron chi connectivity index (χ1n) is 61.7. The van der Waals surface area contributed by atoms with Crippen molar-refractivity contribution in [2.75, 3.05) is 9.80 Å². The van der Waals surface area contributed by atoms with Crippen LogP contribution in [0.3, 0.4) is 0 Å². The lowest BCUT2D eigenvalue weighted by Crippen LogP contribution is -2.27. The summed E-state index contributed by atoms with van der Waals surface area (Å²) in [5.41, 5.74) is 47.8. The Kier molecular flexibility index (Phi) is 29.7. The third kappa shape index (κ3) is 17.3. The molecule has 0 atom stereocenters. The quantitative estimate of drug-likeness (QED) is 0.0358. The van der Waals surface area contributed by atoms with E-state index >= 15 is 0 Å². The number of aromatic nitrogens is 2. The summed E-state index contributed by atoms with van der Waals surface area (Å²) in [6.45, 7) is 81.3. The zero-order chi connectivity index (χ0) is 107. The van der Waals surface area contributed by atoms with E-state index in [4.69, 9.17) is 17.5 Å². The highest BCUT2D eigenvalue weighted by atomic mass is 32.1. The second-order valence-corrected chi connectivity index (χ2v) is 57.6. The van der Waals surface area contributed by atoms with E-state index in [1.807, 2.05) is 0 Å². The number of hydrogen-bond acceptors (Lipinski definition) is 7. The fourth-order valence-electron chi connectivity index (χ4n) is 38.9. The van der Waals surface area contributed by atoms with Gasteiger partial charge in [0.2, 0.25) is 0 Å². The number of fused-ring (bicyclic) bond motifs is 10. The number of benzene rings is 9. The van der Waals surface area contributed by atoms with Crippen LogP contribution in [0.5, 0.6) is 0 Å². The zero-order valence-corrected chi connectivity index (χ0v) is 102. The lowest BCUT2D eigenvalue weighted by molar-refractivity contribution is 0.296. The molecule has 8 aliphatic carbocycles. The predicted octanol–water partition coefficient (Wildman–Crippen LogP) is 44.2. The van der Waals surface area contributed by atoms with E-state index in [1.54, 1.807) is 89.0 Å². The topological polar surface area (TPSA) is 57.0 Å². The Labute approximate surface area is 920 Å². The Morgan fingerprint density at radius 2 is 0.347 bits per heavy atom. The molecule has 0 spiro atoms. The number of hydrogen-bond donors (Lipinski definition) is 0. The molecule has 8 heteroatoms. The van der Waals surface area contributed by atoms with Crippen molar-refractivity contribution in [1.82, 2.24) is 8.75 Å². The molecule has 1 aromatic heterocycles. The summed E-state index contributed by atoms with van der Waals surface area (Å²) < 4.78 is 23.3. The fourth-order valence-corrected chi connectivity index (χ4v) is 40.0. The zero-order valence-electron chi connectivity index (χ0n) is 100. The Morgan fingerprint density at radius 3 is 0.480 bits per heavy atom. The van der Waals surface area contributed by atoms with Crippen LogP contribution in [0, 0.1) is 0 Å². The van der Waals surface area contributed by atoms with Gasteiger partial charge in [0.25, 0.3) is 0 Å². The van der Waals surface area contributed by atoms with Crippen molar-refractivity contribution in [1.29, 1.82) is 0 Å². The van der Waals surface area contributed by atoms with E-state index in [1.165, 1.54) is 324 Å². The molecule has 0 amide bonds. The van der Waals surface area contributed by atoms with Gasteiger partial charge in [0.15, 0.2) is 0 Å². The summed E-state index contributed by atoms with van der Waals surface area (Å²) in [7, 11) is 0. The second-order valence-electron chi connectivity index (χ2n) is 56.6. The molecule has 0 N–H and O–H groups in total. The van der Waals surface area contributed by atoms with Gasteiger partial charge in [-0.1, -0.05) is 397 Å². The summed E-state index contributed by atoms with van der Waals surface area (Å²) in [5, 5.41) is 0. The van der Waals surface area contributed by atoms with Crippen LogP contribution >= 0.6 is 11.7 Å². The third-order valence-corrected chi connectivity index (χ3v) is 42.2. The van der Waals surface area contributed by atoms with Gasteiger partial charge in [-0.2, -0.15) is 17.5 Å². The molecular formula is C142H196N6S2. The molecular weight excluding hydrogens is 1850 g/mol. The molecule has 150 heavy (non-hydrogen) atoms. The first kappa shape index (κ1) is 110. The number of anilines is 6. The minimum absolute atomic E-state index is 0.0473. The molecule has 1 aliphatic heterocycles. The maximum atomic E-state index is 5.82. The second kappa shape index (κ2) is 40.4. The van der Waals surface area contributed by atoms with Gasteiger partial charge in [-0.15, -0.1) is 0 Å². The normalized spacial score (nSPS) is 20.6. The Balaban J connectivity index is 0.885. The van der Waals surface area contributed by atoms with Gasteiger partial charge in [-0.05, 0) is 423 Å². The Hall–Kier alpha value is -7.78. The average molecular weight is 2050 g/mol. The van der Waals surface area contributed by atoms with Gasteiger partial charge in [0, 0.05) is 22.7 Å². The van der Waals surface area contributed by atoms with Gasteiger partial charge in [-0.3, -0.25) is 0 Å². The molecule has 6 nitrogen and oxygen atoms in total. The first-order chi connectivity index (χ1) is 71.3. The van der Waals surface area contributed by atoms with Crippen LogP contribution in [-0.4, -0.2) is 8.75 Å². The van der Waals surface area contributed by atoms with E-state index in [-0.39, 0.29) is 86.6 Å². The molecule has 10 aromatic rings. The first-order valence-corrected chi connectivity index (χ1v) is 63.1. The third-order valence-electron chi connectivity index (χ3n) is 41.2. The van der Waals surface area contributed by atoms with Crippen LogP contribution in [0.4, 0.5) is 45.5 Å². The van der Waals surface area contributed by atoms with Crippen molar-refractivity contribution < 1.29 is 0 Å². The highest BCUT2D eigenvalue weighted by Crippen LogP contribution is 2.73. The molecule has 9 aromatic carbocycles. The Morgan fingerprint density at radius 1 is 0.207 bits per heavy atom. The van der Waals surface area contributed by atoms with Crippen LogP contribution in [-0.2, 0) is 98.0 Å². The van der Waals surface area contributed by atoms with Gasteiger partial charge >= 0.3 is 0 Å². The molecule has 19 rings (SSSR count). The van der Waals surface area contributed by atoms with Crippen molar-refractivity contribution in [2.24, 2.45) is 8.73 Å². The number of nitrogens with zero attached hydrogens (tertiary/aromatic N) is 6. The van der Waals surface area contributed by atoms with E-state index in [0.29, 0.717) is 0 Å². The highest BCUT2D eigenvalue weighted by molar-refractivity contribution is 7.58. The van der Waals surface area contributed by atoms with Gasteiger partial charge in [0.1, 0.15) is 33.8 Å². The maximum absolute atomic E-state index is 5.82. The predicted molar refractivity (Wildman–Crippen MR) is 653 cm³/mol. The summed E-state index contributed by atoms with van der Waals surface area (Å²) in [4.78, 5) is 5.16. The molecule has 806 valence electrons. The standard InChI is InChI=1S/C142H196N6S2/c1-33-65-135(66-34-2)85-127(17,18)113-101(135)81-102-114(128(19,20)86-136(102,67-35-3)68-36-4)109(113)93-49-57-97(58-50-93)147(98-59-51-94(52-60-98)110-115-103(137(69-37-5,70-38-6)87-129(115,21)22)82-104-116(110)130(23,24)88-138(104,71-39-7)72-40-8)125-121-123(145-149-143-121)126(124-122(125)144-150-146-124)148(99-61-53-95(54-62-99)111-117-105(139(73-41-9,74-42-10)89-131(117,25)26)83-106-118(111)132(27,28)90-140(106,75-43-11)76-44-12)100-63-55-96(56-64-100)112-119-107(141(77-45-13,78-46-14)91-133(119,29)30)84-108-120(112)134(31,32)92-142(108,79-47-15)80-48-16/h49-64,81-84H,33-48,65-80,85-92H2,1-32H3. The number of rotatable bonds is 42. The van der Waals surface area contributed by atoms with Crippen LogP contribution in [0.15, 0.2) is 130 Å². The molecule has 0 unspecified atom stereocenters. The summed E-state index contributed by atoms with van der Waals surface area (Å²) >= 11 is 2.69. The van der Waals surface area contributed by atoms with Crippen LogP contribution in [0.1, 0.15) is 567 Å². The molecule has 0 bridgehead atoms. The van der Waals surface area contributed by atoms with Crippen molar-refractivity contribution in [3.05, 3.63) is 210 Å². The average Bonchev–Trinajstić information content (AvgIpc) is 1.53. The van der Waals surface area contributed by atoms with Gasteiger partial charge in [0.05, 0.1) is 23.1 Å². The Bertz CT molecular complexity index is 5750. The van der Waals surface area contributed by atoms with Gasteiger partial charge < -0.3 is 9.80 Å². The van der Waals surface area contributed by atoms with Gasteiger partial charge in [-0.25, -0.2) is 0 Å². The van der Waals surface area contributed by atoms with Crippen LogP contribution < -0.4 is 9.80 Å². The van der Waals surface area contributed by atoms with E-state index < -0.39 is 0 Å². The minimum atomic E-state index is -0.0473. The molecule has 0 fully saturated rings. The van der Waals surface area contributed by atoms with Crippen molar-refractivity contribution in [3.8, 4) is 44.5 Å². The summed E-state index contributed by atoms with van der Waals surface area (Å²) in [6.07, 6.45) is 47.8. The van der Waals surface area contributed by atoms with Crippen LogP contribution in [0.2, 0.25) is 0 Å². The van der Waals surface area contributed by atoms with E-state index in [2.05, 4.69) is 353 Å². The molecule has 0 saturated heterocycles. The van der Waals surface area contributed by atoms with Crippen LogP contribution in [0.25, 0.3) is 55.5 Å². The largest absolute Gasteiger partial charge is 0.306 e. The van der Waals surface area contributed by atoms with Crippen molar-refractivity contribution in [3.63, 3.8) is 0 Å². The van der Waals surface area contributed by atoms with E-state index in [9.17, 15) is 0 Å². The summed E-state index contributed by atoms with van der Waals surface area (Å²) in [5.74, 6) is 0. The molecule has 2 heterocycles. The molecule has 9 aliphatic rings. The molecule has 0 radical (unpaired) electrons. The maximum Gasteiger partial charge on any atom is 0.133 e. The molecule has 0 saturated carbocycles. The van der Waals surface area contributed by atoms with Crippen molar-refractivity contribution >= 4 is 79.6 Å². The summed E-state index contributed by atoms with van der Waals surface area (Å²) in [6, 6.07) is 52.3. The monoisotopic (exact) mass is 2050 g/mol. The lowest BCUT2D eigenvalue weighted by atomic mass is 9.69. The highest BCUT2D eigenvalue weighted by Gasteiger charge is 2.62. The minimum Gasteiger partial charge on any atom is -0.306 e. The SMILES string of the molecule is CCCC1(CCC)CC(C)(C)c2c1cc1c(c2-c2ccc(N(c3ccc(-c4c5c(cc6c4C(C)(C)CC6(CCC)CCC)C(CCC)(CCC)CC5(C)C)cc3)c3c4c(c(N(c5ccc(-c6c7c(cc8c6C(C)(C)CC8(CCC)CCC)C(CCC)(CCC)CC7(C)C)cc5)c5ccc(-c6c7c(cc8c6C(C)(C)CC8(CCC)CCC)C(CCC)(CCC)CC7(C)C)cc5)c5nsnc35)N=S=N4)cc2)C(C)(C)CC1(CCC)CCC. The van der Waals surface area contributed by atoms with E-state index in [0.717, 1.165) is 56.5 Å². The fraction of sp³-hybridized carbons (Fsp3) is 0.620.